The van der Waals surface area contributed by atoms with Crippen LogP contribution < -0.4 is 10.1 Å². The number of aromatic nitrogens is 2. The number of rotatable bonds is 7. The maximum Gasteiger partial charge on any atom is 0.251 e. The summed E-state index contributed by atoms with van der Waals surface area (Å²) < 4.78 is 7.30. The summed E-state index contributed by atoms with van der Waals surface area (Å²) in [6, 6.07) is 15.8. The topological polar surface area (TPSA) is 59.4 Å². The summed E-state index contributed by atoms with van der Waals surface area (Å²) in [6.07, 6.45) is 7.75. The lowest BCUT2D eigenvalue weighted by atomic mass is 10.0. The van der Waals surface area contributed by atoms with Crippen molar-refractivity contribution in [3.05, 3.63) is 78.4 Å². The van der Waals surface area contributed by atoms with E-state index in [2.05, 4.69) is 27.3 Å². The van der Waals surface area contributed by atoms with E-state index in [4.69, 9.17) is 4.74 Å². The van der Waals surface area contributed by atoms with Crippen molar-refractivity contribution in [3.8, 4) is 11.4 Å². The Kier molecular flexibility index (Phi) is 5.91. The normalized spacial score (nSPS) is 15.2. The Labute approximate surface area is 171 Å². The van der Waals surface area contributed by atoms with Gasteiger partial charge in [-0.15, -0.1) is 0 Å². The number of methoxy groups -OCH3 is 1. The molecule has 6 nitrogen and oxygen atoms in total. The first-order valence-electron chi connectivity index (χ1n) is 9.99. The van der Waals surface area contributed by atoms with Crippen LogP contribution in [0.5, 0.6) is 5.75 Å². The van der Waals surface area contributed by atoms with Gasteiger partial charge in [0, 0.05) is 30.2 Å². The van der Waals surface area contributed by atoms with Crippen molar-refractivity contribution in [1.82, 2.24) is 19.8 Å². The van der Waals surface area contributed by atoms with Gasteiger partial charge in [-0.05, 0) is 67.9 Å². The summed E-state index contributed by atoms with van der Waals surface area (Å²) >= 11 is 0. The number of amides is 1. The Morgan fingerprint density at radius 3 is 2.66 bits per heavy atom. The highest BCUT2D eigenvalue weighted by Crippen LogP contribution is 2.27. The molecule has 0 aliphatic carbocycles. The number of imidazole rings is 1. The number of likely N-dealkylation sites (tertiary alicyclic amines) is 1. The van der Waals surface area contributed by atoms with Gasteiger partial charge in [-0.3, -0.25) is 9.69 Å². The fourth-order valence-electron chi connectivity index (χ4n) is 3.85. The Hall–Kier alpha value is -3.12. The minimum Gasteiger partial charge on any atom is -0.497 e. The molecule has 3 aromatic rings. The van der Waals surface area contributed by atoms with Crippen LogP contribution in [0.3, 0.4) is 0 Å². The van der Waals surface area contributed by atoms with Gasteiger partial charge in [-0.25, -0.2) is 4.98 Å². The van der Waals surface area contributed by atoms with Crippen molar-refractivity contribution in [2.24, 2.45) is 0 Å². The smallest absolute Gasteiger partial charge is 0.251 e. The fraction of sp³-hybridized carbons (Fsp3) is 0.304. The van der Waals surface area contributed by atoms with Crippen LogP contribution in [0, 0.1) is 0 Å². The van der Waals surface area contributed by atoms with Crippen molar-refractivity contribution in [2.45, 2.75) is 18.9 Å². The molecule has 0 radical (unpaired) electrons. The average molecular weight is 390 g/mol. The maximum atomic E-state index is 12.7. The van der Waals surface area contributed by atoms with E-state index in [0.717, 1.165) is 24.5 Å². The largest absolute Gasteiger partial charge is 0.497 e. The lowest BCUT2D eigenvalue weighted by molar-refractivity contribution is 0.0938. The molecular formula is C23H26N4O2. The van der Waals surface area contributed by atoms with E-state index in [1.54, 1.807) is 19.6 Å². The molecule has 0 spiro atoms. The Morgan fingerprint density at radius 1 is 1.17 bits per heavy atom. The Balaban J connectivity index is 1.45. The number of nitrogens with zero attached hydrogens (tertiary/aromatic N) is 3. The molecular weight excluding hydrogens is 364 g/mol. The molecule has 150 valence electrons. The van der Waals surface area contributed by atoms with Crippen LogP contribution in [0.1, 0.15) is 34.8 Å². The molecule has 2 heterocycles. The molecule has 1 N–H and O–H groups in total. The number of hydrogen-bond donors (Lipinski definition) is 1. The van der Waals surface area contributed by atoms with Crippen molar-refractivity contribution >= 4 is 5.91 Å². The van der Waals surface area contributed by atoms with E-state index in [-0.39, 0.29) is 11.9 Å². The van der Waals surface area contributed by atoms with Gasteiger partial charge in [-0.1, -0.05) is 12.1 Å². The zero-order valence-corrected chi connectivity index (χ0v) is 16.6. The Morgan fingerprint density at radius 2 is 1.97 bits per heavy atom. The van der Waals surface area contributed by atoms with Crippen LogP contribution in [0.4, 0.5) is 0 Å². The highest BCUT2D eigenvalue weighted by atomic mass is 16.5. The van der Waals surface area contributed by atoms with E-state index in [1.807, 2.05) is 47.2 Å². The van der Waals surface area contributed by atoms with E-state index < -0.39 is 0 Å². The second-order valence-corrected chi connectivity index (χ2v) is 7.26. The van der Waals surface area contributed by atoms with Crippen molar-refractivity contribution < 1.29 is 9.53 Å². The number of nitrogens with one attached hydrogen (secondary N) is 1. The average Bonchev–Trinajstić information content (AvgIpc) is 3.49. The third-order valence-corrected chi connectivity index (χ3v) is 5.45. The van der Waals surface area contributed by atoms with Gasteiger partial charge in [0.2, 0.25) is 0 Å². The van der Waals surface area contributed by atoms with Gasteiger partial charge < -0.3 is 14.6 Å². The van der Waals surface area contributed by atoms with Crippen molar-refractivity contribution in [1.29, 1.82) is 0 Å². The predicted molar refractivity (Wildman–Crippen MR) is 112 cm³/mol. The molecule has 29 heavy (non-hydrogen) atoms. The van der Waals surface area contributed by atoms with Gasteiger partial charge in [0.15, 0.2) is 0 Å². The number of hydrogen-bond acceptors (Lipinski definition) is 4. The van der Waals surface area contributed by atoms with Gasteiger partial charge in [0.25, 0.3) is 5.91 Å². The second kappa shape index (κ2) is 8.92. The van der Waals surface area contributed by atoms with Crippen LogP contribution in [-0.4, -0.2) is 47.1 Å². The molecule has 1 amide bonds. The van der Waals surface area contributed by atoms with Crippen LogP contribution in [-0.2, 0) is 0 Å². The third-order valence-electron chi connectivity index (χ3n) is 5.45. The highest BCUT2D eigenvalue weighted by Gasteiger charge is 2.24. The monoisotopic (exact) mass is 390 g/mol. The first-order valence-corrected chi connectivity index (χ1v) is 9.99. The van der Waals surface area contributed by atoms with Gasteiger partial charge in [-0.2, -0.15) is 0 Å². The Bertz CT molecular complexity index is 932. The first-order chi connectivity index (χ1) is 14.2. The summed E-state index contributed by atoms with van der Waals surface area (Å²) in [5.74, 6) is 0.780. The molecule has 4 rings (SSSR count). The molecule has 1 fully saturated rings. The minimum absolute atomic E-state index is 0.0609. The summed E-state index contributed by atoms with van der Waals surface area (Å²) in [4.78, 5) is 19.2. The number of carbonyl (C=O) groups is 1. The van der Waals surface area contributed by atoms with Crippen molar-refractivity contribution in [2.75, 3.05) is 26.7 Å². The van der Waals surface area contributed by atoms with E-state index in [1.165, 1.54) is 18.4 Å². The molecule has 1 aliphatic heterocycles. The maximum absolute atomic E-state index is 12.7. The molecule has 1 aromatic heterocycles. The lowest BCUT2D eigenvalue weighted by Crippen LogP contribution is -2.36. The summed E-state index contributed by atoms with van der Waals surface area (Å²) in [5.41, 5.74) is 2.80. The minimum atomic E-state index is -0.0609. The lowest BCUT2D eigenvalue weighted by Gasteiger charge is -2.28. The number of carbonyl (C=O) groups excluding carboxylic acids is 1. The predicted octanol–water partition coefficient (Wildman–Crippen LogP) is 3.45. The zero-order valence-electron chi connectivity index (χ0n) is 16.6. The molecule has 1 saturated heterocycles. The summed E-state index contributed by atoms with van der Waals surface area (Å²) in [6.45, 7) is 2.67. The van der Waals surface area contributed by atoms with E-state index in [9.17, 15) is 4.79 Å². The quantitative estimate of drug-likeness (QED) is 0.671. The zero-order chi connectivity index (χ0) is 20.1. The van der Waals surface area contributed by atoms with E-state index in [0.29, 0.717) is 12.1 Å². The molecule has 6 heteroatoms. The first kappa shape index (κ1) is 19.2. The third kappa shape index (κ3) is 4.49. The molecule has 1 aliphatic rings. The van der Waals surface area contributed by atoms with Gasteiger partial charge in [0.1, 0.15) is 5.75 Å². The number of ether oxygens (including phenoxy) is 1. The molecule has 2 aromatic carbocycles. The van der Waals surface area contributed by atoms with Crippen LogP contribution in [0.25, 0.3) is 5.69 Å². The highest BCUT2D eigenvalue weighted by molar-refractivity contribution is 5.94. The van der Waals surface area contributed by atoms with Crippen LogP contribution in [0.15, 0.2) is 67.3 Å². The van der Waals surface area contributed by atoms with Gasteiger partial charge >= 0.3 is 0 Å². The summed E-state index contributed by atoms with van der Waals surface area (Å²) in [7, 11) is 1.68. The second-order valence-electron chi connectivity index (χ2n) is 7.26. The standard InChI is InChI=1S/C23H26N4O2/c1-29-21-6-4-5-19(15-21)22(26-12-2-3-13-26)16-25-23(28)18-7-9-20(10-8-18)27-14-11-24-17-27/h4-11,14-15,17,22H,2-3,12-13,16H2,1H3,(H,25,28). The molecule has 0 bridgehead atoms. The molecule has 1 unspecified atom stereocenters. The van der Waals surface area contributed by atoms with Crippen LogP contribution in [0.2, 0.25) is 0 Å². The number of benzene rings is 2. The summed E-state index contributed by atoms with van der Waals surface area (Å²) in [5, 5.41) is 3.13. The van der Waals surface area contributed by atoms with Crippen molar-refractivity contribution in [3.63, 3.8) is 0 Å². The van der Waals surface area contributed by atoms with Crippen LogP contribution >= 0.6 is 0 Å². The molecule has 1 atom stereocenters. The van der Waals surface area contributed by atoms with E-state index >= 15 is 0 Å². The van der Waals surface area contributed by atoms with Gasteiger partial charge in [0.05, 0.1) is 19.5 Å². The fourth-order valence-corrected chi connectivity index (χ4v) is 3.85. The molecule has 0 saturated carbocycles. The SMILES string of the molecule is COc1cccc(C(CNC(=O)c2ccc(-n3ccnc3)cc2)N2CCCC2)c1.